The largest absolute Gasteiger partial charge is 0.478 e. The first-order valence-corrected chi connectivity index (χ1v) is 6.88. The molecule has 0 aromatic heterocycles. The fourth-order valence-electron chi connectivity index (χ4n) is 1.86. The van der Waals surface area contributed by atoms with E-state index in [-0.39, 0.29) is 11.3 Å². The number of nitrogens with two attached hydrogens (primary N) is 1. The molecule has 0 aliphatic heterocycles. The van der Waals surface area contributed by atoms with Gasteiger partial charge in [0.05, 0.1) is 16.8 Å². The Hall–Kier alpha value is -2.34. The first-order valence-electron chi connectivity index (χ1n) is 6.09. The van der Waals surface area contributed by atoms with Gasteiger partial charge in [-0.3, -0.25) is 4.79 Å². The number of aryl methyl sites for hydroxylation is 1. The summed E-state index contributed by atoms with van der Waals surface area (Å²) in [6.07, 6.45) is 0. The number of nitrogen functional groups attached to an aromatic ring is 1. The number of benzene rings is 2. The van der Waals surface area contributed by atoms with E-state index in [2.05, 4.69) is 21.2 Å². The highest BCUT2D eigenvalue weighted by molar-refractivity contribution is 9.10. The average molecular weight is 349 g/mol. The summed E-state index contributed by atoms with van der Waals surface area (Å²) in [7, 11) is 0. The number of carbonyl (C=O) groups excluding carboxylic acids is 1. The fourth-order valence-corrected chi connectivity index (χ4v) is 2.22. The van der Waals surface area contributed by atoms with E-state index in [0.29, 0.717) is 15.7 Å². The molecule has 6 heteroatoms. The molecule has 4 N–H and O–H groups in total. The lowest BCUT2D eigenvalue weighted by Gasteiger charge is -2.11. The van der Waals surface area contributed by atoms with Crippen molar-refractivity contribution in [3.8, 4) is 0 Å². The Balaban J connectivity index is 2.38. The molecule has 0 radical (unpaired) electrons. The second kappa shape index (κ2) is 5.97. The highest BCUT2D eigenvalue weighted by Crippen LogP contribution is 2.23. The van der Waals surface area contributed by atoms with Gasteiger partial charge in [-0.15, -0.1) is 0 Å². The number of halogens is 1. The zero-order valence-electron chi connectivity index (χ0n) is 11.2. The average Bonchev–Trinajstić information content (AvgIpc) is 2.41. The first kappa shape index (κ1) is 15.1. The molecule has 0 aliphatic rings. The number of nitrogens with one attached hydrogen (secondary N) is 1. The molecular formula is C15H13BrN2O3. The molecule has 0 spiro atoms. The zero-order chi connectivity index (χ0) is 15.6. The van der Waals surface area contributed by atoms with Gasteiger partial charge in [0, 0.05) is 10.2 Å². The number of anilines is 2. The van der Waals surface area contributed by atoms with Crippen molar-refractivity contribution in [2.45, 2.75) is 6.92 Å². The van der Waals surface area contributed by atoms with Crippen LogP contribution in [0.5, 0.6) is 0 Å². The zero-order valence-corrected chi connectivity index (χ0v) is 12.8. The van der Waals surface area contributed by atoms with Gasteiger partial charge in [0.1, 0.15) is 0 Å². The van der Waals surface area contributed by atoms with Crippen LogP contribution in [0.25, 0.3) is 0 Å². The minimum Gasteiger partial charge on any atom is -0.478 e. The number of aromatic carboxylic acids is 1. The third-order valence-corrected chi connectivity index (χ3v) is 3.41. The Morgan fingerprint density at radius 1 is 1.14 bits per heavy atom. The van der Waals surface area contributed by atoms with Crippen molar-refractivity contribution in [1.29, 1.82) is 0 Å². The van der Waals surface area contributed by atoms with Gasteiger partial charge in [-0.05, 0) is 37.3 Å². The maximum Gasteiger partial charge on any atom is 0.337 e. The third kappa shape index (κ3) is 3.41. The summed E-state index contributed by atoms with van der Waals surface area (Å²) >= 11 is 3.25. The van der Waals surface area contributed by atoms with Gasteiger partial charge >= 0.3 is 5.97 Å². The SMILES string of the molecule is Cc1ccc(N)c(C(=O)Nc2cc(Br)ccc2C(=O)O)c1. The molecule has 0 atom stereocenters. The van der Waals surface area contributed by atoms with Gasteiger partial charge in [0.15, 0.2) is 0 Å². The van der Waals surface area contributed by atoms with E-state index < -0.39 is 11.9 Å². The van der Waals surface area contributed by atoms with Crippen LogP contribution >= 0.6 is 15.9 Å². The number of hydrogen-bond donors (Lipinski definition) is 3. The Labute approximate surface area is 129 Å². The van der Waals surface area contributed by atoms with Crippen molar-refractivity contribution in [2.75, 3.05) is 11.1 Å². The van der Waals surface area contributed by atoms with Crippen LogP contribution in [0, 0.1) is 6.92 Å². The van der Waals surface area contributed by atoms with Crippen molar-refractivity contribution >= 4 is 39.2 Å². The lowest BCUT2D eigenvalue weighted by atomic mass is 10.1. The minimum atomic E-state index is -1.12. The first-order chi connectivity index (χ1) is 9.88. The number of carboxylic acids is 1. The summed E-state index contributed by atoms with van der Waals surface area (Å²) in [6, 6.07) is 9.65. The summed E-state index contributed by atoms with van der Waals surface area (Å²) in [5, 5.41) is 11.7. The van der Waals surface area contributed by atoms with Crippen molar-refractivity contribution in [3.05, 3.63) is 57.6 Å². The van der Waals surface area contributed by atoms with Crippen LogP contribution in [0.3, 0.4) is 0 Å². The lowest BCUT2D eigenvalue weighted by Crippen LogP contribution is -2.16. The Bertz CT molecular complexity index is 729. The standard InChI is InChI=1S/C15H13BrN2O3/c1-8-2-5-12(17)11(6-8)14(19)18-13-7-9(16)3-4-10(13)15(20)21/h2-7H,17H2,1H3,(H,18,19)(H,20,21). The minimum absolute atomic E-state index is 0.0118. The van der Waals surface area contributed by atoms with E-state index in [1.165, 1.54) is 12.1 Å². The van der Waals surface area contributed by atoms with E-state index in [1.807, 2.05) is 6.92 Å². The lowest BCUT2D eigenvalue weighted by molar-refractivity contribution is 0.0698. The Morgan fingerprint density at radius 3 is 2.52 bits per heavy atom. The molecular weight excluding hydrogens is 336 g/mol. The van der Waals surface area contributed by atoms with E-state index in [1.54, 1.807) is 24.3 Å². The van der Waals surface area contributed by atoms with Gasteiger partial charge < -0.3 is 16.2 Å². The van der Waals surface area contributed by atoms with Crippen LogP contribution < -0.4 is 11.1 Å². The summed E-state index contributed by atoms with van der Waals surface area (Å²) < 4.78 is 0.667. The van der Waals surface area contributed by atoms with Crippen molar-refractivity contribution in [1.82, 2.24) is 0 Å². The van der Waals surface area contributed by atoms with Crippen LogP contribution in [-0.2, 0) is 0 Å². The molecule has 0 aliphatic carbocycles. The van der Waals surface area contributed by atoms with Crippen LogP contribution in [0.2, 0.25) is 0 Å². The highest BCUT2D eigenvalue weighted by Gasteiger charge is 2.15. The molecule has 0 heterocycles. The fraction of sp³-hybridized carbons (Fsp3) is 0.0667. The maximum absolute atomic E-state index is 12.3. The van der Waals surface area contributed by atoms with Crippen LogP contribution in [0.15, 0.2) is 40.9 Å². The molecule has 1 amide bonds. The van der Waals surface area contributed by atoms with E-state index >= 15 is 0 Å². The van der Waals surface area contributed by atoms with Gasteiger partial charge in [-0.2, -0.15) is 0 Å². The number of rotatable bonds is 3. The molecule has 2 aromatic rings. The quantitative estimate of drug-likeness (QED) is 0.742. The summed E-state index contributed by atoms with van der Waals surface area (Å²) in [5.74, 6) is -1.56. The molecule has 0 fully saturated rings. The molecule has 0 bridgehead atoms. The molecule has 0 unspecified atom stereocenters. The van der Waals surface area contributed by atoms with E-state index in [0.717, 1.165) is 5.56 Å². The summed E-state index contributed by atoms with van der Waals surface area (Å²) in [4.78, 5) is 23.5. The van der Waals surface area contributed by atoms with E-state index in [4.69, 9.17) is 10.8 Å². The van der Waals surface area contributed by atoms with E-state index in [9.17, 15) is 9.59 Å². The normalized spacial score (nSPS) is 10.2. The van der Waals surface area contributed by atoms with Gasteiger partial charge in [-0.25, -0.2) is 4.79 Å². The molecule has 5 nitrogen and oxygen atoms in total. The predicted octanol–water partition coefficient (Wildman–Crippen LogP) is 3.29. The van der Waals surface area contributed by atoms with Crippen LogP contribution in [0.1, 0.15) is 26.3 Å². The monoisotopic (exact) mass is 348 g/mol. The van der Waals surface area contributed by atoms with Crippen LogP contribution in [-0.4, -0.2) is 17.0 Å². The topological polar surface area (TPSA) is 92.4 Å². The van der Waals surface area contributed by atoms with Gasteiger partial charge in [0.2, 0.25) is 0 Å². The summed E-state index contributed by atoms with van der Waals surface area (Å²) in [6.45, 7) is 1.85. The Kier molecular flexibility index (Phi) is 4.28. The smallest absolute Gasteiger partial charge is 0.337 e. The number of carboxylic acid groups (broad SMARTS) is 1. The van der Waals surface area contributed by atoms with Crippen molar-refractivity contribution in [3.63, 3.8) is 0 Å². The predicted molar refractivity (Wildman–Crippen MR) is 84.6 cm³/mol. The summed E-state index contributed by atoms with van der Waals surface area (Å²) in [5.41, 5.74) is 7.55. The molecule has 108 valence electrons. The van der Waals surface area contributed by atoms with Crippen molar-refractivity contribution in [2.24, 2.45) is 0 Å². The van der Waals surface area contributed by atoms with Crippen molar-refractivity contribution < 1.29 is 14.7 Å². The molecule has 0 saturated carbocycles. The van der Waals surface area contributed by atoms with Gasteiger partial charge in [-0.1, -0.05) is 27.6 Å². The molecule has 0 saturated heterocycles. The Morgan fingerprint density at radius 2 is 1.86 bits per heavy atom. The molecule has 2 aromatic carbocycles. The number of amides is 1. The molecule has 21 heavy (non-hydrogen) atoms. The number of carbonyl (C=O) groups is 2. The van der Waals surface area contributed by atoms with Crippen LogP contribution in [0.4, 0.5) is 11.4 Å². The second-order valence-corrected chi connectivity index (χ2v) is 5.46. The maximum atomic E-state index is 12.3. The van der Waals surface area contributed by atoms with Gasteiger partial charge in [0.25, 0.3) is 5.91 Å². The number of hydrogen-bond acceptors (Lipinski definition) is 3. The highest BCUT2D eigenvalue weighted by atomic mass is 79.9. The second-order valence-electron chi connectivity index (χ2n) is 4.54. The third-order valence-electron chi connectivity index (χ3n) is 2.91. The molecule has 2 rings (SSSR count).